The fourth-order valence-electron chi connectivity index (χ4n) is 3.89. The molecule has 0 radical (unpaired) electrons. The number of carbonyl (C=O) groups excluding carboxylic acids is 1. The van der Waals surface area contributed by atoms with E-state index >= 15 is 0 Å². The van der Waals surface area contributed by atoms with Crippen molar-refractivity contribution >= 4 is 17.5 Å². The first-order valence-electron chi connectivity index (χ1n) is 10.6. The topological polar surface area (TPSA) is 71.0 Å². The highest BCUT2D eigenvalue weighted by molar-refractivity contribution is 5.78. The van der Waals surface area contributed by atoms with Gasteiger partial charge in [0.25, 0.3) is 5.91 Å². The fraction of sp³-hybridized carbons (Fsp3) is 0.500. The maximum atomic E-state index is 12.5. The molecule has 0 N–H and O–H groups in total. The zero-order valence-corrected chi connectivity index (χ0v) is 17.5. The Morgan fingerprint density at radius 1 is 0.867 bits per heavy atom. The van der Waals surface area contributed by atoms with Gasteiger partial charge in [0.15, 0.2) is 18.2 Å². The molecular weight excluding hydrogens is 382 g/mol. The average molecular weight is 412 g/mol. The van der Waals surface area contributed by atoms with Crippen LogP contribution >= 0.6 is 0 Å². The van der Waals surface area contributed by atoms with Gasteiger partial charge in [-0.15, -0.1) is 10.2 Å². The molecule has 0 aliphatic carbocycles. The zero-order chi connectivity index (χ0) is 20.8. The minimum atomic E-state index is -0.0102. The van der Waals surface area contributed by atoms with Crippen molar-refractivity contribution in [3.8, 4) is 11.5 Å². The number of aromatic nitrogens is 2. The fourth-order valence-corrected chi connectivity index (χ4v) is 3.89. The van der Waals surface area contributed by atoms with Crippen LogP contribution < -0.4 is 19.3 Å². The van der Waals surface area contributed by atoms with Crippen LogP contribution in [0, 0.1) is 0 Å². The lowest BCUT2D eigenvalue weighted by Gasteiger charge is -2.35. The molecule has 3 heterocycles. The summed E-state index contributed by atoms with van der Waals surface area (Å²) in [6.07, 6.45) is 3.75. The molecule has 2 fully saturated rings. The third kappa shape index (κ3) is 4.93. The van der Waals surface area contributed by atoms with Crippen molar-refractivity contribution in [3.05, 3.63) is 36.4 Å². The highest BCUT2D eigenvalue weighted by Crippen LogP contribution is 2.21. The van der Waals surface area contributed by atoms with Crippen molar-refractivity contribution in [1.29, 1.82) is 0 Å². The lowest BCUT2D eigenvalue weighted by Crippen LogP contribution is -2.50. The highest BCUT2D eigenvalue weighted by atomic mass is 16.5. The van der Waals surface area contributed by atoms with E-state index in [4.69, 9.17) is 9.47 Å². The van der Waals surface area contributed by atoms with Crippen LogP contribution in [0.4, 0.5) is 11.6 Å². The second kappa shape index (κ2) is 9.65. The Bertz CT molecular complexity index is 831. The monoisotopic (exact) mass is 411 g/mol. The van der Waals surface area contributed by atoms with E-state index in [-0.39, 0.29) is 12.5 Å². The average Bonchev–Trinajstić information content (AvgIpc) is 2.83. The third-order valence-corrected chi connectivity index (χ3v) is 5.68. The number of carbonyl (C=O) groups is 1. The SMILES string of the molecule is COc1cccc(OCC(=O)N2CCN(c3ccc(N4CCCCC4)nn3)CC2)c1. The molecule has 0 spiro atoms. The largest absolute Gasteiger partial charge is 0.497 e. The molecule has 1 aromatic carbocycles. The number of hydrogen-bond donors (Lipinski definition) is 0. The molecule has 0 saturated carbocycles. The molecule has 160 valence electrons. The number of ether oxygens (including phenoxy) is 2. The third-order valence-electron chi connectivity index (χ3n) is 5.68. The molecule has 1 amide bonds. The molecule has 8 nitrogen and oxygen atoms in total. The van der Waals surface area contributed by atoms with Crippen molar-refractivity contribution in [3.63, 3.8) is 0 Å². The molecule has 0 atom stereocenters. The molecular formula is C22H29N5O3. The first kappa shape index (κ1) is 20.3. The number of hydrogen-bond acceptors (Lipinski definition) is 7. The summed E-state index contributed by atoms with van der Waals surface area (Å²) in [5.41, 5.74) is 0. The molecule has 2 aromatic rings. The molecule has 4 rings (SSSR count). The number of anilines is 2. The Hall–Kier alpha value is -3.03. The summed E-state index contributed by atoms with van der Waals surface area (Å²) < 4.78 is 10.8. The number of methoxy groups -OCH3 is 1. The van der Waals surface area contributed by atoms with Crippen LogP contribution in [0.5, 0.6) is 11.5 Å². The van der Waals surface area contributed by atoms with Gasteiger partial charge in [0.05, 0.1) is 7.11 Å². The predicted molar refractivity (Wildman–Crippen MR) is 115 cm³/mol. The molecule has 1 aromatic heterocycles. The molecule has 2 saturated heterocycles. The van der Waals surface area contributed by atoms with Gasteiger partial charge < -0.3 is 24.2 Å². The van der Waals surface area contributed by atoms with Gasteiger partial charge in [0, 0.05) is 45.3 Å². The van der Waals surface area contributed by atoms with Crippen LogP contribution in [0.2, 0.25) is 0 Å². The van der Waals surface area contributed by atoms with E-state index in [0.717, 1.165) is 37.8 Å². The number of nitrogens with zero attached hydrogens (tertiary/aromatic N) is 5. The standard InChI is InChI=1S/C22H29N5O3/c1-29-18-6-5-7-19(16-18)30-17-22(28)27-14-12-26(13-15-27)21-9-8-20(23-24-21)25-10-3-2-4-11-25/h5-9,16H,2-4,10-15,17H2,1H3. The first-order chi connectivity index (χ1) is 14.7. The van der Waals surface area contributed by atoms with Gasteiger partial charge in [-0.05, 0) is 43.5 Å². The highest BCUT2D eigenvalue weighted by Gasteiger charge is 2.23. The van der Waals surface area contributed by atoms with Gasteiger partial charge in [-0.2, -0.15) is 0 Å². The molecule has 2 aliphatic heterocycles. The van der Waals surface area contributed by atoms with Gasteiger partial charge in [0.2, 0.25) is 0 Å². The number of piperazine rings is 1. The normalized spacial score (nSPS) is 17.0. The second-order valence-corrected chi connectivity index (χ2v) is 7.63. The maximum absolute atomic E-state index is 12.5. The predicted octanol–water partition coefficient (Wildman–Crippen LogP) is 2.20. The quantitative estimate of drug-likeness (QED) is 0.722. The smallest absolute Gasteiger partial charge is 0.260 e. The summed E-state index contributed by atoms with van der Waals surface area (Å²) in [5.74, 6) is 3.16. The van der Waals surface area contributed by atoms with Crippen molar-refractivity contribution in [2.24, 2.45) is 0 Å². The maximum Gasteiger partial charge on any atom is 0.260 e. The van der Waals surface area contributed by atoms with Crippen LogP contribution in [-0.2, 0) is 4.79 Å². The minimum Gasteiger partial charge on any atom is -0.497 e. The van der Waals surface area contributed by atoms with E-state index in [1.807, 2.05) is 29.2 Å². The van der Waals surface area contributed by atoms with Gasteiger partial charge >= 0.3 is 0 Å². The van der Waals surface area contributed by atoms with E-state index in [1.165, 1.54) is 19.3 Å². The first-order valence-corrected chi connectivity index (χ1v) is 10.6. The van der Waals surface area contributed by atoms with Crippen LogP contribution in [0.25, 0.3) is 0 Å². The Kier molecular flexibility index (Phi) is 6.51. The molecule has 0 bridgehead atoms. The number of piperidine rings is 1. The molecule has 30 heavy (non-hydrogen) atoms. The van der Waals surface area contributed by atoms with Crippen LogP contribution in [0.3, 0.4) is 0 Å². The van der Waals surface area contributed by atoms with Gasteiger partial charge in [0.1, 0.15) is 11.5 Å². The molecule has 8 heteroatoms. The molecule has 2 aliphatic rings. The van der Waals surface area contributed by atoms with E-state index in [0.29, 0.717) is 24.6 Å². The van der Waals surface area contributed by atoms with Crippen molar-refractivity contribution < 1.29 is 14.3 Å². The summed E-state index contributed by atoms with van der Waals surface area (Å²) in [6.45, 7) is 4.92. The van der Waals surface area contributed by atoms with E-state index in [9.17, 15) is 4.79 Å². The Balaban J connectivity index is 1.25. The number of rotatable bonds is 6. The van der Waals surface area contributed by atoms with Gasteiger partial charge in [-0.25, -0.2) is 0 Å². The Morgan fingerprint density at radius 2 is 1.50 bits per heavy atom. The summed E-state index contributed by atoms with van der Waals surface area (Å²) in [6, 6.07) is 11.4. The minimum absolute atomic E-state index is 0.0102. The summed E-state index contributed by atoms with van der Waals surface area (Å²) in [4.78, 5) is 18.8. The zero-order valence-electron chi connectivity index (χ0n) is 17.5. The summed E-state index contributed by atoms with van der Waals surface area (Å²) in [5, 5.41) is 8.87. The van der Waals surface area contributed by atoms with Crippen molar-refractivity contribution in [2.45, 2.75) is 19.3 Å². The number of benzene rings is 1. The van der Waals surface area contributed by atoms with Crippen LogP contribution in [0.1, 0.15) is 19.3 Å². The summed E-state index contributed by atoms with van der Waals surface area (Å²) in [7, 11) is 1.61. The van der Waals surface area contributed by atoms with E-state index in [1.54, 1.807) is 13.2 Å². The van der Waals surface area contributed by atoms with Crippen molar-refractivity contribution in [1.82, 2.24) is 15.1 Å². The van der Waals surface area contributed by atoms with E-state index in [2.05, 4.69) is 26.1 Å². The summed E-state index contributed by atoms with van der Waals surface area (Å²) >= 11 is 0. The van der Waals surface area contributed by atoms with Gasteiger partial charge in [-0.1, -0.05) is 6.07 Å². The van der Waals surface area contributed by atoms with Crippen molar-refractivity contribution in [2.75, 3.05) is 62.8 Å². The Morgan fingerprint density at radius 3 is 2.13 bits per heavy atom. The second-order valence-electron chi connectivity index (χ2n) is 7.63. The number of amides is 1. The Labute approximate surface area is 177 Å². The van der Waals surface area contributed by atoms with Crippen LogP contribution in [0.15, 0.2) is 36.4 Å². The van der Waals surface area contributed by atoms with Crippen LogP contribution in [-0.4, -0.2) is 74.0 Å². The lowest BCUT2D eigenvalue weighted by molar-refractivity contribution is -0.133. The molecule has 0 unspecified atom stereocenters. The van der Waals surface area contributed by atoms with Gasteiger partial charge in [-0.3, -0.25) is 4.79 Å². The lowest BCUT2D eigenvalue weighted by atomic mass is 10.1. The van der Waals surface area contributed by atoms with E-state index < -0.39 is 0 Å².